The second-order valence-electron chi connectivity index (χ2n) is 6.77. The highest BCUT2D eigenvalue weighted by Crippen LogP contribution is 2.20. The molecule has 1 unspecified atom stereocenters. The van der Waals surface area contributed by atoms with Gasteiger partial charge in [-0.1, -0.05) is 6.92 Å². The van der Waals surface area contributed by atoms with Crippen LogP contribution in [0.1, 0.15) is 43.2 Å². The number of carbonyl (C=O) groups is 1. The number of furan rings is 1. The third-order valence-corrected chi connectivity index (χ3v) is 6.43. The van der Waals surface area contributed by atoms with Crippen molar-refractivity contribution in [3.8, 4) is 0 Å². The summed E-state index contributed by atoms with van der Waals surface area (Å²) in [4.78, 5) is 13.9. The van der Waals surface area contributed by atoms with Gasteiger partial charge in [0.05, 0.1) is 6.26 Å². The molecule has 1 amide bonds. The van der Waals surface area contributed by atoms with Gasteiger partial charge in [0.15, 0.2) is 5.76 Å². The minimum absolute atomic E-state index is 0.118. The van der Waals surface area contributed by atoms with E-state index in [1.165, 1.54) is 6.26 Å². The van der Waals surface area contributed by atoms with Crippen molar-refractivity contribution in [2.75, 3.05) is 26.2 Å². The van der Waals surface area contributed by atoms with Gasteiger partial charge in [0.1, 0.15) is 0 Å². The van der Waals surface area contributed by atoms with E-state index in [1.54, 1.807) is 21.3 Å². The highest BCUT2D eigenvalue weighted by atomic mass is 32.2. The van der Waals surface area contributed by atoms with Crippen molar-refractivity contribution < 1.29 is 17.6 Å². The predicted molar refractivity (Wildman–Crippen MR) is 89.7 cm³/mol. The zero-order valence-corrected chi connectivity index (χ0v) is 14.8. The molecule has 8 heteroatoms. The molecule has 1 aromatic rings. The Morgan fingerprint density at radius 1 is 1.25 bits per heavy atom. The molecule has 7 nitrogen and oxygen atoms in total. The maximum absolute atomic E-state index is 12.5. The summed E-state index contributed by atoms with van der Waals surface area (Å²) < 4.78 is 34.6. The number of rotatable bonds is 4. The molecule has 1 N–H and O–H groups in total. The molecular formula is C16H25N3O4S. The number of hydrogen-bond acceptors (Lipinski definition) is 4. The molecule has 134 valence electrons. The van der Waals surface area contributed by atoms with Crippen molar-refractivity contribution in [3.63, 3.8) is 0 Å². The Balaban J connectivity index is 1.52. The van der Waals surface area contributed by atoms with Crippen LogP contribution in [0.3, 0.4) is 0 Å². The number of hydrogen-bond donors (Lipinski definition) is 1. The Morgan fingerprint density at radius 3 is 2.62 bits per heavy atom. The van der Waals surface area contributed by atoms with Crippen LogP contribution in [0, 0.1) is 5.92 Å². The molecule has 0 saturated carbocycles. The molecule has 3 rings (SSSR count). The van der Waals surface area contributed by atoms with Gasteiger partial charge in [-0.3, -0.25) is 4.79 Å². The van der Waals surface area contributed by atoms with E-state index in [1.807, 2.05) is 0 Å². The second kappa shape index (κ2) is 7.25. The van der Waals surface area contributed by atoms with Gasteiger partial charge in [-0.15, -0.1) is 0 Å². The van der Waals surface area contributed by atoms with E-state index in [4.69, 9.17) is 4.42 Å². The summed E-state index contributed by atoms with van der Waals surface area (Å²) in [6.45, 7) is 4.33. The van der Waals surface area contributed by atoms with Crippen molar-refractivity contribution in [1.29, 1.82) is 0 Å². The van der Waals surface area contributed by atoms with Gasteiger partial charge in [-0.05, 0) is 43.7 Å². The maximum atomic E-state index is 12.5. The molecular weight excluding hydrogens is 330 g/mol. The fourth-order valence-electron chi connectivity index (χ4n) is 3.41. The van der Waals surface area contributed by atoms with Crippen LogP contribution in [0.25, 0.3) is 0 Å². The van der Waals surface area contributed by atoms with Gasteiger partial charge in [-0.2, -0.15) is 17.4 Å². The molecule has 3 heterocycles. The van der Waals surface area contributed by atoms with Crippen molar-refractivity contribution in [1.82, 2.24) is 13.9 Å². The quantitative estimate of drug-likeness (QED) is 0.886. The smallest absolute Gasteiger partial charge is 0.289 e. The zero-order chi connectivity index (χ0) is 17.2. The molecule has 2 aliphatic heterocycles. The largest absolute Gasteiger partial charge is 0.459 e. The summed E-state index contributed by atoms with van der Waals surface area (Å²) in [5, 5.41) is 0. The Kier molecular flexibility index (Phi) is 5.27. The molecule has 0 spiro atoms. The van der Waals surface area contributed by atoms with E-state index < -0.39 is 10.2 Å². The van der Waals surface area contributed by atoms with Gasteiger partial charge in [0.25, 0.3) is 16.1 Å². The number of nitrogens with zero attached hydrogens (tertiary/aromatic N) is 2. The molecule has 0 bridgehead atoms. The van der Waals surface area contributed by atoms with Crippen molar-refractivity contribution in [2.24, 2.45) is 5.92 Å². The average molecular weight is 355 g/mol. The number of amides is 1. The summed E-state index contributed by atoms with van der Waals surface area (Å²) >= 11 is 0. The fourth-order valence-corrected chi connectivity index (χ4v) is 5.03. The van der Waals surface area contributed by atoms with Crippen LogP contribution in [0.2, 0.25) is 0 Å². The van der Waals surface area contributed by atoms with Gasteiger partial charge < -0.3 is 9.32 Å². The first-order valence-corrected chi connectivity index (χ1v) is 10.00. The lowest BCUT2D eigenvalue weighted by Gasteiger charge is -2.35. The topological polar surface area (TPSA) is 82.9 Å². The molecule has 0 aliphatic carbocycles. The lowest BCUT2D eigenvalue weighted by atomic mass is 10.0. The first-order valence-electron chi connectivity index (χ1n) is 8.56. The van der Waals surface area contributed by atoms with Crippen LogP contribution in [0.15, 0.2) is 22.8 Å². The van der Waals surface area contributed by atoms with E-state index in [0.29, 0.717) is 50.7 Å². The molecule has 2 saturated heterocycles. The fraction of sp³-hybridized carbons (Fsp3) is 0.688. The van der Waals surface area contributed by atoms with Crippen LogP contribution in [-0.2, 0) is 10.2 Å². The van der Waals surface area contributed by atoms with Crippen LogP contribution in [-0.4, -0.2) is 55.8 Å². The molecule has 1 atom stereocenters. The van der Waals surface area contributed by atoms with Crippen LogP contribution in [0.4, 0.5) is 0 Å². The zero-order valence-electron chi connectivity index (χ0n) is 14.0. The minimum atomic E-state index is -3.44. The Hall–Kier alpha value is -1.38. The molecule has 0 radical (unpaired) electrons. The third kappa shape index (κ3) is 3.99. The van der Waals surface area contributed by atoms with E-state index >= 15 is 0 Å². The summed E-state index contributed by atoms with van der Waals surface area (Å²) in [5.74, 6) is 0.602. The standard InChI is InChI=1S/C16H25N3O4S/c1-13-4-2-8-19(12-13)24(21,22)17-14-6-9-18(10-7-14)16(20)15-5-3-11-23-15/h3,5,11,13-14,17H,2,4,6-10,12H2,1H3. The van der Waals surface area contributed by atoms with Crippen molar-refractivity contribution in [2.45, 2.75) is 38.6 Å². The predicted octanol–water partition coefficient (Wildman–Crippen LogP) is 1.45. The minimum Gasteiger partial charge on any atom is -0.459 e. The Labute approximate surface area is 143 Å². The summed E-state index contributed by atoms with van der Waals surface area (Å²) in [5.41, 5.74) is 0. The summed E-state index contributed by atoms with van der Waals surface area (Å²) in [6, 6.07) is 3.22. The molecule has 0 aromatic carbocycles. The lowest BCUT2D eigenvalue weighted by Crippen LogP contribution is -2.52. The number of likely N-dealkylation sites (tertiary alicyclic amines) is 1. The lowest BCUT2D eigenvalue weighted by molar-refractivity contribution is 0.0678. The van der Waals surface area contributed by atoms with E-state index in [9.17, 15) is 13.2 Å². The molecule has 2 fully saturated rings. The maximum Gasteiger partial charge on any atom is 0.289 e. The van der Waals surface area contributed by atoms with E-state index in [-0.39, 0.29) is 11.9 Å². The molecule has 24 heavy (non-hydrogen) atoms. The van der Waals surface area contributed by atoms with Gasteiger partial charge in [0, 0.05) is 32.2 Å². The SMILES string of the molecule is CC1CCCN(S(=O)(=O)NC2CCN(C(=O)c3ccco3)CC2)C1. The normalized spacial score (nSPS) is 24.2. The highest BCUT2D eigenvalue weighted by Gasteiger charge is 2.31. The monoisotopic (exact) mass is 355 g/mol. The number of nitrogens with one attached hydrogen (secondary N) is 1. The summed E-state index contributed by atoms with van der Waals surface area (Å²) in [7, 11) is -3.44. The Bertz CT molecular complexity index is 651. The van der Waals surface area contributed by atoms with E-state index in [2.05, 4.69) is 11.6 Å². The molecule has 1 aromatic heterocycles. The highest BCUT2D eigenvalue weighted by molar-refractivity contribution is 7.87. The first-order chi connectivity index (χ1) is 11.5. The second-order valence-corrected chi connectivity index (χ2v) is 8.47. The van der Waals surface area contributed by atoms with Crippen LogP contribution in [0.5, 0.6) is 0 Å². The summed E-state index contributed by atoms with van der Waals surface area (Å²) in [6.07, 6.45) is 4.72. The number of piperidine rings is 2. The van der Waals surface area contributed by atoms with Gasteiger partial charge >= 0.3 is 0 Å². The Morgan fingerprint density at radius 2 is 2.00 bits per heavy atom. The first kappa shape index (κ1) is 17.4. The van der Waals surface area contributed by atoms with Crippen LogP contribution < -0.4 is 4.72 Å². The average Bonchev–Trinajstić information content (AvgIpc) is 3.09. The number of carbonyl (C=O) groups excluding carboxylic acids is 1. The van der Waals surface area contributed by atoms with Crippen LogP contribution >= 0.6 is 0 Å². The van der Waals surface area contributed by atoms with Crippen molar-refractivity contribution in [3.05, 3.63) is 24.2 Å². The third-order valence-electron chi connectivity index (χ3n) is 4.79. The molecule has 2 aliphatic rings. The van der Waals surface area contributed by atoms with E-state index in [0.717, 1.165) is 12.8 Å². The van der Waals surface area contributed by atoms with Gasteiger partial charge in [-0.25, -0.2) is 0 Å². The van der Waals surface area contributed by atoms with Crippen molar-refractivity contribution >= 4 is 16.1 Å². The van der Waals surface area contributed by atoms with Gasteiger partial charge in [0.2, 0.25) is 0 Å².